The lowest BCUT2D eigenvalue weighted by Crippen LogP contribution is -2.49. The summed E-state index contributed by atoms with van der Waals surface area (Å²) < 4.78 is 52.0. The summed E-state index contributed by atoms with van der Waals surface area (Å²) in [5.74, 6) is -1.75. The maximum atomic E-state index is 13.6. The topological polar surface area (TPSA) is 95.5 Å². The third-order valence-corrected chi connectivity index (χ3v) is 7.40. The lowest BCUT2D eigenvalue weighted by Gasteiger charge is -2.30. The van der Waals surface area contributed by atoms with Gasteiger partial charge in [0.05, 0.1) is 23.7 Å². The Hall–Kier alpha value is -2.36. The number of rotatable bonds is 8. The van der Waals surface area contributed by atoms with Crippen molar-refractivity contribution in [1.82, 2.24) is 10.6 Å². The van der Waals surface area contributed by atoms with E-state index in [9.17, 15) is 27.1 Å². The van der Waals surface area contributed by atoms with Crippen molar-refractivity contribution in [2.75, 3.05) is 12.3 Å². The highest BCUT2D eigenvalue weighted by atomic mass is 32.2. The fraction of sp³-hybridized carbons (Fsp3) is 0.458. The van der Waals surface area contributed by atoms with Crippen molar-refractivity contribution in [3.63, 3.8) is 0 Å². The lowest BCUT2D eigenvalue weighted by atomic mass is 9.94. The Morgan fingerprint density at radius 3 is 2.42 bits per heavy atom. The van der Waals surface area contributed by atoms with Crippen molar-refractivity contribution in [3.8, 4) is 0 Å². The van der Waals surface area contributed by atoms with E-state index in [4.69, 9.17) is 0 Å². The molecule has 2 aromatic rings. The molecule has 9 heteroatoms. The SMILES string of the molecule is CC(=O)NC(Cc1cc(F)cc(F)c1)C(O)CNC1CS(=O)(=O)Cc2ccc(C(C)C)cc21. The Morgan fingerprint density at radius 1 is 1.15 bits per heavy atom. The van der Waals surface area contributed by atoms with Crippen LogP contribution in [0.4, 0.5) is 8.78 Å². The molecule has 1 aliphatic rings. The largest absolute Gasteiger partial charge is 0.390 e. The normalized spacial score (nSPS) is 19.1. The van der Waals surface area contributed by atoms with E-state index in [1.807, 2.05) is 18.2 Å². The molecule has 3 N–H and O–H groups in total. The quantitative estimate of drug-likeness (QED) is 0.540. The number of amides is 1. The Labute approximate surface area is 193 Å². The molecule has 3 rings (SSSR count). The average molecular weight is 481 g/mol. The van der Waals surface area contributed by atoms with Crippen LogP contribution in [0.5, 0.6) is 0 Å². The molecule has 2 aromatic carbocycles. The lowest BCUT2D eigenvalue weighted by molar-refractivity contribution is -0.120. The molecule has 0 saturated heterocycles. The molecule has 1 aliphatic heterocycles. The van der Waals surface area contributed by atoms with Gasteiger partial charge in [-0.25, -0.2) is 17.2 Å². The number of carbonyl (C=O) groups is 1. The van der Waals surface area contributed by atoms with E-state index in [1.54, 1.807) is 0 Å². The fourth-order valence-electron chi connectivity index (χ4n) is 4.17. The molecule has 3 atom stereocenters. The number of benzene rings is 2. The number of fused-ring (bicyclic) bond motifs is 1. The fourth-order valence-corrected chi connectivity index (χ4v) is 5.83. The van der Waals surface area contributed by atoms with Crippen LogP contribution in [0, 0.1) is 11.6 Å². The van der Waals surface area contributed by atoms with E-state index >= 15 is 0 Å². The van der Waals surface area contributed by atoms with Gasteiger partial charge in [0.15, 0.2) is 9.84 Å². The first-order valence-corrected chi connectivity index (χ1v) is 12.7. The van der Waals surface area contributed by atoms with E-state index < -0.39 is 45.6 Å². The van der Waals surface area contributed by atoms with Gasteiger partial charge in [-0.1, -0.05) is 32.0 Å². The molecule has 0 radical (unpaired) electrons. The van der Waals surface area contributed by atoms with Crippen LogP contribution in [0.3, 0.4) is 0 Å². The van der Waals surface area contributed by atoms with Gasteiger partial charge in [0.1, 0.15) is 11.6 Å². The molecule has 0 saturated carbocycles. The third-order valence-electron chi connectivity index (χ3n) is 5.81. The molecule has 0 fully saturated rings. The van der Waals surface area contributed by atoms with Crippen LogP contribution in [-0.2, 0) is 26.8 Å². The highest BCUT2D eigenvalue weighted by molar-refractivity contribution is 7.90. The zero-order chi connectivity index (χ0) is 24.3. The summed E-state index contributed by atoms with van der Waals surface area (Å²) in [5.41, 5.74) is 2.99. The first-order valence-electron chi connectivity index (χ1n) is 10.9. The van der Waals surface area contributed by atoms with E-state index in [0.29, 0.717) is 0 Å². The highest BCUT2D eigenvalue weighted by Gasteiger charge is 2.31. The molecule has 0 aromatic heterocycles. The van der Waals surface area contributed by atoms with Gasteiger partial charge in [-0.05, 0) is 46.7 Å². The van der Waals surface area contributed by atoms with E-state index in [1.165, 1.54) is 6.92 Å². The van der Waals surface area contributed by atoms with Gasteiger partial charge in [0.2, 0.25) is 5.91 Å². The van der Waals surface area contributed by atoms with Crippen LogP contribution in [0.1, 0.15) is 55.0 Å². The van der Waals surface area contributed by atoms with Crippen molar-refractivity contribution in [2.24, 2.45) is 0 Å². The smallest absolute Gasteiger partial charge is 0.217 e. The van der Waals surface area contributed by atoms with E-state index in [2.05, 4.69) is 24.5 Å². The van der Waals surface area contributed by atoms with Crippen molar-refractivity contribution >= 4 is 15.7 Å². The molecule has 1 amide bonds. The van der Waals surface area contributed by atoms with Crippen molar-refractivity contribution in [3.05, 3.63) is 70.3 Å². The van der Waals surface area contributed by atoms with E-state index in [0.717, 1.165) is 34.9 Å². The average Bonchev–Trinajstić information content (AvgIpc) is 2.69. The van der Waals surface area contributed by atoms with Gasteiger partial charge in [-0.3, -0.25) is 4.79 Å². The Bertz CT molecular complexity index is 1100. The molecule has 6 nitrogen and oxygen atoms in total. The summed E-state index contributed by atoms with van der Waals surface area (Å²) in [6.45, 7) is 5.38. The maximum absolute atomic E-state index is 13.6. The molecule has 3 unspecified atom stereocenters. The predicted octanol–water partition coefficient (Wildman–Crippen LogP) is 2.76. The predicted molar refractivity (Wildman–Crippen MR) is 122 cm³/mol. The van der Waals surface area contributed by atoms with Crippen LogP contribution >= 0.6 is 0 Å². The third kappa shape index (κ3) is 6.82. The Kier molecular flexibility index (Phi) is 7.87. The second-order valence-electron chi connectivity index (χ2n) is 8.98. The number of sulfone groups is 1. The van der Waals surface area contributed by atoms with Gasteiger partial charge >= 0.3 is 0 Å². The number of halogens is 2. The first kappa shape index (κ1) is 25.3. The molecule has 180 valence electrons. The molecule has 0 bridgehead atoms. The summed E-state index contributed by atoms with van der Waals surface area (Å²) in [5, 5.41) is 16.6. The van der Waals surface area contributed by atoms with Crippen molar-refractivity contribution in [1.29, 1.82) is 0 Å². The highest BCUT2D eigenvalue weighted by Crippen LogP contribution is 2.31. The van der Waals surface area contributed by atoms with Gasteiger partial charge in [0.25, 0.3) is 0 Å². The van der Waals surface area contributed by atoms with E-state index in [-0.39, 0.29) is 36.0 Å². The zero-order valence-electron chi connectivity index (χ0n) is 18.9. The second-order valence-corrected chi connectivity index (χ2v) is 11.1. The number of hydrogen-bond acceptors (Lipinski definition) is 5. The van der Waals surface area contributed by atoms with Crippen LogP contribution < -0.4 is 10.6 Å². The second kappa shape index (κ2) is 10.3. The molecular formula is C24H30F2N2O4S. The summed E-state index contributed by atoms with van der Waals surface area (Å²) in [6, 6.07) is 7.48. The number of hydrogen-bond donors (Lipinski definition) is 3. The van der Waals surface area contributed by atoms with Crippen LogP contribution in [0.15, 0.2) is 36.4 Å². The summed E-state index contributed by atoms with van der Waals surface area (Å²) >= 11 is 0. The number of aliphatic hydroxyl groups is 1. The Morgan fingerprint density at radius 2 is 1.82 bits per heavy atom. The maximum Gasteiger partial charge on any atom is 0.217 e. The minimum Gasteiger partial charge on any atom is -0.390 e. The molecular weight excluding hydrogens is 450 g/mol. The number of carbonyl (C=O) groups excluding carboxylic acids is 1. The van der Waals surface area contributed by atoms with Gasteiger partial charge in [-0.15, -0.1) is 0 Å². The van der Waals surface area contributed by atoms with Gasteiger partial charge in [-0.2, -0.15) is 0 Å². The minimum atomic E-state index is -3.32. The summed E-state index contributed by atoms with van der Waals surface area (Å²) in [6.07, 6.45) is -1.12. The van der Waals surface area contributed by atoms with Crippen LogP contribution in [-0.4, -0.2) is 43.9 Å². The summed E-state index contributed by atoms with van der Waals surface area (Å²) in [7, 11) is -3.32. The van der Waals surface area contributed by atoms with Crippen molar-refractivity contribution < 1.29 is 27.1 Å². The minimum absolute atomic E-state index is 0.00809. The molecule has 0 spiro atoms. The summed E-state index contributed by atoms with van der Waals surface area (Å²) in [4.78, 5) is 11.7. The van der Waals surface area contributed by atoms with Crippen LogP contribution in [0.25, 0.3) is 0 Å². The monoisotopic (exact) mass is 480 g/mol. The molecule has 0 aliphatic carbocycles. The Balaban J connectivity index is 1.78. The number of aliphatic hydroxyl groups excluding tert-OH is 1. The number of nitrogens with one attached hydrogen (secondary N) is 2. The standard InChI is InChI=1S/C24H30F2N2O4S/c1-14(2)17-4-5-18-12-33(31,32)13-23(21(18)9-17)27-11-24(30)22(28-15(3)29)8-16-6-19(25)10-20(26)7-16/h4-7,9-10,14,22-24,27,30H,8,11-13H2,1-3H3,(H,28,29). The molecule has 1 heterocycles. The van der Waals surface area contributed by atoms with Crippen LogP contribution in [0.2, 0.25) is 0 Å². The molecule has 33 heavy (non-hydrogen) atoms. The van der Waals surface area contributed by atoms with Gasteiger partial charge < -0.3 is 15.7 Å². The first-order chi connectivity index (χ1) is 15.4. The zero-order valence-corrected chi connectivity index (χ0v) is 19.8. The van der Waals surface area contributed by atoms with Gasteiger partial charge in [0, 0.05) is 25.6 Å². The van der Waals surface area contributed by atoms with Crippen molar-refractivity contribution in [2.45, 2.75) is 57.1 Å².